The van der Waals surface area contributed by atoms with Gasteiger partial charge in [-0.3, -0.25) is 0 Å². The molecule has 1 unspecified atom stereocenters. The summed E-state index contributed by atoms with van der Waals surface area (Å²) in [5.41, 5.74) is 3.16. The molecule has 0 saturated carbocycles. The van der Waals surface area contributed by atoms with E-state index in [-0.39, 0.29) is 6.61 Å². The molecule has 1 saturated heterocycles. The van der Waals surface area contributed by atoms with Crippen molar-refractivity contribution in [1.29, 1.82) is 0 Å². The molecule has 1 fully saturated rings. The molecule has 0 aromatic heterocycles. The molecule has 4 aromatic carbocycles. The Kier molecular flexibility index (Phi) is 12.4. The van der Waals surface area contributed by atoms with Gasteiger partial charge in [-0.2, -0.15) is 0 Å². The lowest BCUT2D eigenvalue weighted by Crippen LogP contribution is -2.71. The number of hydrogen-bond donors (Lipinski definition) is 1. The highest BCUT2D eigenvalue weighted by atomic mass is 16.6. The van der Waals surface area contributed by atoms with Crippen LogP contribution in [0.1, 0.15) is 42.5 Å². The van der Waals surface area contributed by atoms with Gasteiger partial charge in [0.25, 0.3) is 0 Å². The molecule has 45 heavy (non-hydrogen) atoms. The zero-order chi connectivity index (χ0) is 31.3. The summed E-state index contributed by atoms with van der Waals surface area (Å²) in [6.45, 7) is 5.00. The second-order valence-corrected chi connectivity index (χ2v) is 11.6. The Hall–Kier alpha value is -3.30. The summed E-state index contributed by atoms with van der Waals surface area (Å²) in [6, 6.07) is 40.4. The molecule has 0 amide bonds. The van der Waals surface area contributed by atoms with Crippen LogP contribution in [0.4, 0.5) is 0 Å². The van der Waals surface area contributed by atoms with E-state index in [1.807, 2.05) is 135 Å². The third kappa shape index (κ3) is 8.70. The Morgan fingerprint density at radius 2 is 1.02 bits per heavy atom. The average molecular weight is 609 g/mol. The van der Waals surface area contributed by atoms with Gasteiger partial charge in [0.15, 0.2) is 0 Å². The van der Waals surface area contributed by atoms with Gasteiger partial charge in [0.1, 0.15) is 29.9 Å². The molecular weight excluding hydrogens is 563 g/mol. The van der Waals surface area contributed by atoms with Crippen molar-refractivity contribution < 1.29 is 28.7 Å². The summed E-state index contributed by atoms with van der Waals surface area (Å²) >= 11 is 0. The van der Waals surface area contributed by atoms with Gasteiger partial charge < -0.3 is 28.7 Å². The summed E-state index contributed by atoms with van der Waals surface area (Å²) in [4.78, 5) is 0. The lowest BCUT2D eigenvalue weighted by Gasteiger charge is -2.53. The largest absolute Gasteiger partial charge is 0.448 e. The Labute approximate surface area is 268 Å². The maximum Gasteiger partial charge on any atom is 0.325 e. The minimum Gasteiger partial charge on any atom is -0.448 e. The van der Waals surface area contributed by atoms with Gasteiger partial charge in [-0.1, -0.05) is 135 Å². The molecule has 5 rings (SSSR count). The van der Waals surface area contributed by atoms with Crippen molar-refractivity contribution in [3.63, 3.8) is 0 Å². The van der Waals surface area contributed by atoms with Gasteiger partial charge in [0.05, 0.1) is 33.0 Å². The van der Waals surface area contributed by atoms with E-state index in [9.17, 15) is 5.02 Å². The maximum absolute atomic E-state index is 11.7. The third-order valence-corrected chi connectivity index (χ3v) is 8.58. The van der Waals surface area contributed by atoms with Gasteiger partial charge in [-0.25, -0.2) is 0 Å². The first-order valence-corrected chi connectivity index (χ1v) is 16.1. The fourth-order valence-corrected chi connectivity index (χ4v) is 6.12. The van der Waals surface area contributed by atoms with Crippen molar-refractivity contribution in [1.82, 2.24) is 0 Å². The Morgan fingerprint density at radius 3 is 1.47 bits per heavy atom. The minimum absolute atomic E-state index is 0.267. The molecule has 4 aromatic rings. The van der Waals surface area contributed by atoms with E-state index in [0.29, 0.717) is 39.2 Å². The Bertz CT molecular complexity index is 1380. The number of benzene rings is 4. The van der Waals surface area contributed by atoms with Crippen molar-refractivity contribution in [2.75, 3.05) is 6.61 Å². The van der Waals surface area contributed by atoms with Crippen molar-refractivity contribution in [2.24, 2.45) is 0 Å². The molecule has 7 heteroatoms. The standard InChI is InChI=1S/C38H45BO6/c1-3-38(39(40)4-2)37(44-28-33-23-15-8-16-24-33)36(43-27-32-21-13-7-14-22-32)35(42-26-31-19-11-6-12-20-31)34(45-38)29-41-25-30-17-9-5-10-18-30/h5-24,34-37,40H,3-4,25-29H2,1-2H3/t34-,35-,36+,37-,38?/m1/s1. The molecule has 1 heterocycles. The maximum atomic E-state index is 11.7. The summed E-state index contributed by atoms with van der Waals surface area (Å²) in [5.74, 6) is 0. The van der Waals surface area contributed by atoms with E-state index in [4.69, 9.17) is 23.7 Å². The van der Waals surface area contributed by atoms with Crippen LogP contribution in [0, 0.1) is 0 Å². The van der Waals surface area contributed by atoms with Crippen molar-refractivity contribution >= 4 is 6.92 Å². The SMILES string of the molecule is CCB(O)C1(CC)O[C@H](COCc2ccccc2)[C@@H](OCc2ccccc2)[C@H](OCc2ccccc2)[C@H]1OCc1ccccc1. The molecule has 5 atom stereocenters. The van der Waals surface area contributed by atoms with Crippen LogP contribution in [-0.2, 0) is 50.1 Å². The van der Waals surface area contributed by atoms with Crippen LogP contribution in [0.5, 0.6) is 0 Å². The molecule has 6 nitrogen and oxygen atoms in total. The number of ether oxygens (including phenoxy) is 5. The third-order valence-electron chi connectivity index (χ3n) is 8.58. The van der Waals surface area contributed by atoms with Gasteiger partial charge in [0, 0.05) is 0 Å². The molecule has 236 valence electrons. The van der Waals surface area contributed by atoms with Crippen LogP contribution in [0.3, 0.4) is 0 Å². The zero-order valence-electron chi connectivity index (χ0n) is 26.4. The fraction of sp³-hybridized carbons (Fsp3) is 0.368. The van der Waals surface area contributed by atoms with Crippen molar-refractivity contribution in [3.05, 3.63) is 144 Å². The van der Waals surface area contributed by atoms with E-state index < -0.39 is 36.8 Å². The summed E-state index contributed by atoms with van der Waals surface area (Å²) in [7, 11) is 0. The second-order valence-electron chi connectivity index (χ2n) is 11.6. The van der Waals surface area contributed by atoms with Gasteiger partial charge in [-0.05, 0) is 35.0 Å². The fourth-order valence-electron chi connectivity index (χ4n) is 6.12. The molecule has 1 N–H and O–H groups in total. The highest BCUT2D eigenvalue weighted by Crippen LogP contribution is 2.41. The Morgan fingerprint density at radius 1 is 0.600 bits per heavy atom. The van der Waals surface area contributed by atoms with E-state index in [0.717, 1.165) is 22.3 Å². The quantitative estimate of drug-likeness (QED) is 0.138. The van der Waals surface area contributed by atoms with E-state index >= 15 is 0 Å². The Balaban J connectivity index is 1.50. The first kappa shape index (κ1) is 33.1. The average Bonchev–Trinajstić information content (AvgIpc) is 3.10. The van der Waals surface area contributed by atoms with Crippen molar-refractivity contribution in [2.45, 2.75) is 82.9 Å². The van der Waals surface area contributed by atoms with Crippen LogP contribution in [-0.4, -0.2) is 48.5 Å². The molecule has 1 aliphatic rings. The first-order valence-electron chi connectivity index (χ1n) is 16.1. The lowest BCUT2D eigenvalue weighted by atomic mass is 9.46. The molecule has 0 aliphatic carbocycles. The van der Waals surface area contributed by atoms with Crippen LogP contribution < -0.4 is 0 Å². The predicted octanol–water partition coefficient (Wildman–Crippen LogP) is 7.05. The molecule has 0 bridgehead atoms. The number of rotatable bonds is 16. The van der Waals surface area contributed by atoms with E-state index in [1.165, 1.54) is 0 Å². The summed E-state index contributed by atoms with van der Waals surface area (Å²) in [6.07, 6.45) is -1.21. The van der Waals surface area contributed by atoms with Gasteiger partial charge >= 0.3 is 6.92 Å². The normalized spacial score (nSPS) is 23.1. The first-order chi connectivity index (χ1) is 22.1. The second kappa shape index (κ2) is 16.9. The van der Waals surface area contributed by atoms with Gasteiger partial charge in [-0.15, -0.1) is 0 Å². The molecule has 1 aliphatic heterocycles. The predicted molar refractivity (Wildman–Crippen MR) is 178 cm³/mol. The van der Waals surface area contributed by atoms with Crippen LogP contribution >= 0.6 is 0 Å². The van der Waals surface area contributed by atoms with E-state index in [1.54, 1.807) is 0 Å². The molecule has 0 radical (unpaired) electrons. The molecule has 0 spiro atoms. The van der Waals surface area contributed by atoms with Crippen LogP contribution in [0.25, 0.3) is 0 Å². The topological polar surface area (TPSA) is 66.4 Å². The monoisotopic (exact) mass is 608 g/mol. The molecular formula is C38H45BO6. The highest BCUT2D eigenvalue weighted by molar-refractivity contribution is 6.54. The summed E-state index contributed by atoms with van der Waals surface area (Å²) in [5, 5.41) is 11.7. The highest BCUT2D eigenvalue weighted by Gasteiger charge is 2.60. The lowest BCUT2D eigenvalue weighted by molar-refractivity contribution is -0.290. The zero-order valence-corrected chi connectivity index (χ0v) is 26.4. The van der Waals surface area contributed by atoms with Crippen LogP contribution in [0.2, 0.25) is 6.32 Å². The summed E-state index contributed by atoms with van der Waals surface area (Å²) < 4.78 is 33.6. The van der Waals surface area contributed by atoms with Crippen LogP contribution in [0.15, 0.2) is 121 Å². The van der Waals surface area contributed by atoms with Crippen molar-refractivity contribution in [3.8, 4) is 0 Å². The number of hydrogen-bond acceptors (Lipinski definition) is 6. The van der Waals surface area contributed by atoms with Gasteiger partial charge in [0.2, 0.25) is 0 Å². The smallest absolute Gasteiger partial charge is 0.325 e. The van der Waals surface area contributed by atoms with E-state index in [2.05, 4.69) is 0 Å². The minimum atomic E-state index is -1.04.